The molecule has 2 aromatic carbocycles. The average Bonchev–Trinajstić information content (AvgIpc) is 2.38. The maximum atomic E-state index is 5.95. The number of benzene rings is 2. The standard InChI is InChI=1S/C15H16BrNO/c1-11(17)14-9-13(16)7-8-15(14)18-10-12-5-3-2-4-6-12/h2-9,11H,10,17H2,1H3/t11-/m0/s1. The summed E-state index contributed by atoms with van der Waals surface area (Å²) in [5.41, 5.74) is 8.11. The average molecular weight is 306 g/mol. The number of hydrogen-bond donors (Lipinski definition) is 1. The Morgan fingerprint density at radius 1 is 1.17 bits per heavy atom. The Balaban J connectivity index is 2.14. The van der Waals surface area contributed by atoms with Crippen LogP contribution in [0, 0.1) is 0 Å². The summed E-state index contributed by atoms with van der Waals surface area (Å²) in [6.07, 6.45) is 0. The van der Waals surface area contributed by atoms with Crippen molar-refractivity contribution in [2.75, 3.05) is 0 Å². The van der Waals surface area contributed by atoms with E-state index in [2.05, 4.69) is 15.9 Å². The van der Waals surface area contributed by atoms with Crippen molar-refractivity contribution >= 4 is 15.9 Å². The van der Waals surface area contributed by atoms with Crippen molar-refractivity contribution in [2.24, 2.45) is 5.73 Å². The van der Waals surface area contributed by atoms with Gasteiger partial charge in [-0.05, 0) is 30.7 Å². The van der Waals surface area contributed by atoms with Gasteiger partial charge in [-0.3, -0.25) is 0 Å². The first-order valence-electron chi connectivity index (χ1n) is 5.88. The van der Waals surface area contributed by atoms with E-state index >= 15 is 0 Å². The van der Waals surface area contributed by atoms with E-state index in [1.54, 1.807) is 0 Å². The maximum Gasteiger partial charge on any atom is 0.124 e. The number of hydrogen-bond acceptors (Lipinski definition) is 2. The third kappa shape index (κ3) is 3.34. The molecule has 0 bridgehead atoms. The van der Waals surface area contributed by atoms with E-state index in [9.17, 15) is 0 Å². The van der Waals surface area contributed by atoms with Crippen LogP contribution in [-0.4, -0.2) is 0 Å². The van der Waals surface area contributed by atoms with Gasteiger partial charge in [-0.2, -0.15) is 0 Å². The van der Waals surface area contributed by atoms with Gasteiger partial charge in [0, 0.05) is 16.1 Å². The van der Waals surface area contributed by atoms with Crippen molar-refractivity contribution in [3.05, 3.63) is 64.1 Å². The van der Waals surface area contributed by atoms with Crippen molar-refractivity contribution in [2.45, 2.75) is 19.6 Å². The van der Waals surface area contributed by atoms with Gasteiger partial charge in [-0.25, -0.2) is 0 Å². The molecule has 0 aliphatic carbocycles. The fourth-order valence-electron chi connectivity index (χ4n) is 1.74. The Hall–Kier alpha value is -1.32. The van der Waals surface area contributed by atoms with Gasteiger partial charge >= 0.3 is 0 Å². The Bertz CT molecular complexity index is 511. The van der Waals surface area contributed by atoms with Crippen LogP contribution in [0.1, 0.15) is 24.1 Å². The molecular weight excluding hydrogens is 290 g/mol. The molecule has 0 aliphatic heterocycles. The molecule has 0 saturated carbocycles. The molecular formula is C15H16BrNO. The highest BCUT2D eigenvalue weighted by molar-refractivity contribution is 9.10. The van der Waals surface area contributed by atoms with E-state index in [0.717, 1.165) is 21.3 Å². The van der Waals surface area contributed by atoms with E-state index in [4.69, 9.17) is 10.5 Å². The lowest BCUT2D eigenvalue weighted by molar-refractivity contribution is 0.301. The van der Waals surface area contributed by atoms with Crippen LogP contribution in [0.25, 0.3) is 0 Å². The van der Waals surface area contributed by atoms with Gasteiger partial charge in [0.15, 0.2) is 0 Å². The monoisotopic (exact) mass is 305 g/mol. The highest BCUT2D eigenvalue weighted by atomic mass is 79.9. The summed E-state index contributed by atoms with van der Waals surface area (Å²) in [6, 6.07) is 16.0. The molecule has 0 spiro atoms. The molecule has 0 saturated heterocycles. The second kappa shape index (κ2) is 6.03. The van der Waals surface area contributed by atoms with Crippen LogP contribution in [0.4, 0.5) is 0 Å². The lowest BCUT2D eigenvalue weighted by Crippen LogP contribution is -2.08. The zero-order valence-electron chi connectivity index (χ0n) is 10.3. The lowest BCUT2D eigenvalue weighted by Gasteiger charge is -2.14. The van der Waals surface area contributed by atoms with E-state index in [1.807, 2.05) is 55.5 Å². The molecule has 94 valence electrons. The van der Waals surface area contributed by atoms with Gasteiger partial charge in [0.2, 0.25) is 0 Å². The first-order chi connectivity index (χ1) is 8.66. The molecule has 0 aliphatic rings. The molecule has 1 atom stereocenters. The van der Waals surface area contributed by atoms with Gasteiger partial charge in [0.05, 0.1) is 0 Å². The molecule has 2 nitrogen and oxygen atoms in total. The molecule has 0 aromatic heterocycles. The van der Waals surface area contributed by atoms with Crippen LogP contribution in [0.2, 0.25) is 0 Å². The fourth-order valence-corrected chi connectivity index (χ4v) is 2.12. The summed E-state index contributed by atoms with van der Waals surface area (Å²) in [5.74, 6) is 0.844. The third-order valence-corrected chi connectivity index (χ3v) is 3.19. The minimum Gasteiger partial charge on any atom is -0.489 e. The van der Waals surface area contributed by atoms with Crippen molar-refractivity contribution < 1.29 is 4.74 Å². The number of halogens is 1. The van der Waals surface area contributed by atoms with Crippen LogP contribution in [0.3, 0.4) is 0 Å². The normalized spacial score (nSPS) is 12.2. The van der Waals surface area contributed by atoms with E-state index < -0.39 is 0 Å². The Labute approximate surface area is 116 Å². The molecule has 0 radical (unpaired) electrons. The minimum absolute atomic E-state index is 0.0479. The summed E-state index contributed by atoms with van der Waals surface area (Å²) >= 11 is 3.45. The van der Waals surface area contributed by atoms with E-state index in [-0.39, 0.29) is 6.04 Å². The molecule has 0 amide bonds. The molecule has 2 N–H and O–H groups in total. The molecule has 0 unspecified atom stereocenters. The van der Waals surface area contributed by atoms with Crippen LogP contribution in [0.5, 0.6) is 5.75 Å². The Morgan fingerprint density at radius 3 is 2.56 bits per heavy atom. The van der Waals surface area contributed by atoms with Crippen LogP contribution in [-0.2, 0) is 6.61 Å². The van der Waals surface area contributed by atoms with Crippen molar-refractivity contribution in [3.8, 4) is 5.75 Å². The zero-order chi connectivity index (χ0) is 13.0. The van der Waals surface area contributed by atoms with Crippen LogP contribution in [0.15, 0.2) is 53.0 Å². The summed E-state index contributed by atoms with van der Waals surface area (Å²) in [4.78, 5) is 0. The predicted molar refractivity (Wildman–Crippen MR) is 77.5 cm³/mol. The Kier molecular flexibility index (Phi) is 4.39. The van der Waals surface area contributed by atoms with Gasteiger partial charge in [0.25, 0.3) is 0 Å². The van der Waals surface area contributed by atoms with Crippen molar-refractivity contribution in [1.82, 2.24) is 0 Å². The molecule has 2 rings (SSSR count). The summed E-state index contributed by atoms with van der Waals surface area (Å²) in [7, 11) is 0. The third-order valence-electron chi connectivity index (χ3n) is 2.70. The van der Waals surface area contributed by atoms with Crippen molar-refractivity contribution in [1.29, 1.82) is 0 Å². The number of nitrogens with two attached hydrogens (primary N) is 1. The van der Waals surface area contributed by atoms with Gasteiger partial charge in [0.1, 0.15) is 12.4 Å². The second-order valence-electron chi connectivity index (χ2n) is 4.25. The maximum absolute atomic E-state index is 5.95. The fraction of sp³-hybridized carbons (Fsp3) is 0.200. The van der Waals surface area contributed by atoms with Crippen LogP contribution < -0.4 is 10.5 Å². The molecule has 3 heteroatoms. The second-order valence-corrected chi connectivity index (χ2v) is 5.16. The highest BCUT2D eigenvalue weighted by Gasteiger charge is 2.08. The highest BCUT2D eigenvalue weighted by Crippen LogP contribution is 2.28. The SMILES string of the molecule is C[C@H](N)c1cc(Br)ccc1OCc1ccccc1. The Morgan fingerprint density at radius 2 is 1.89 bits per heavy atom. The molecule has 0 fully saturated rings. The predicted octanol–water partition coefficient (Wildman–Crippen LogP) is 4.05. The topological polar surface area (TPSA) is 35.2 Å². The van der Waals surface area contributed by atoms with Crippen molar-refractivity contribution in [3.63, 3.8) is 0 Å². The molecule has 2 aromatic rings. The van der Waals surface area contributed by atoms with E-state index in [1.165, 1.54) is 0 Å². The van der Waals surface area contributed by atoms with Gasteiger partial charge < -0.3 is 10.5 Å². The summed E-state index contributed by atoms with van der Waals surface area (Å²) < 4.78 is 6.85. The number of ether oxygens (including phenoxy) is 1. The van der Waals surface area contributed by atoms with Crippen LogP contribution >= 0.6 is 15.9 Å². The molecule has 0 heterocycles. The quantitative estimate of drug-likeness (QED) is 0.925. The summed E-state index contributed by atoms with van der Waals surface area (Å²) in [5, 5.41) is 0. The first-order valence-corrected chi connectivity index (χ1v) is 6.68. The minimum atomic E-state index is -0.0479. The van der Waals surface area contributed by atoms with Gasteiger partial charge in [-0.15, -0.1) is 0 Å². The zero-order valence-corrected chi connectivity index (χ0v) is 11.9. The first kappa shape index (κ1) is 13.1. The lowest BCUT2D eigenvalue weighted by atomic mass is 10.1. The largest absolute Gasteiger partial charge is 0.489 e. The number of rotatable bonds is 4. The summed E-state index contributed by atoms with van der Waals surface area (Å²) in [6.45, 7) is 2.51. The smallest absolute Gasteiger partial charge is 0.124 e. The molecule has 18 heavy (non-hydrogen) atoms. The van der Waals surface area contributed by atoms with E-state index in [0.29, 0.717) is 6.61 Å². The van der Waals surface area contributed by atoms with Gasteiger partial charge in [-0.1, -0.05) is 46.3 Å².